The lowest BCUT2D eigenvalue weighted by Crippen LogP contribution is -2.02. The quantitative estimate of drug-likeness (QED) is 0.747. The van der Waals surface area contributed by atoms with Crippen molar-refractivity contribution < 1.29 is 4.74 Å². The van der Waals surface area contributed by atoms with Gasteiger partial charge in [-0.25, -0.2) is 0 Å². The molecule has 0 bridgehead atoms. The number of nitrogens with zero attached hydrogens (tertiary/aromatic N) is 3. The van der Waals surface area contributed by atoms with Crippen molar-refractivity contribution in [1.29, 1.82) is 5.26 Å². The van der Waals surface area contributed by atoms with Gasteiger partial charge in [0, 0.05) is 17.2 Å². The first kappa shape index (κ1) is 15.1. The second-order valence-corrected chi connectivity index (χ2v) is 5.38. The molecular formula is C17H13ClN4O. The van der Waals surface area contributed by atoms with Crippen LogP contribution in [0, 0.1) is 11.3 Å². The van der Waals surface area contributed by atoms with Crippen LogP contribution in [0.2, 0.25) is 5.15 Å². The molecule has 0 saturated heterocycles. The molecule has 0 atom stereocenters. The summed E-state index contributed by atoms with van der Waals surface area (Å²) in [5.41, 5.74) is 8.63. The second kappa shape index (κ2) is 6.11. The van der Waals surface area contributed by atoms with Gasteiger partial charge in [0.2, 0.25) is 0 Å². The Morgan fingerprint density at radius 1 is 1.17 bits per heavy atom. The van der Waals surface area contributed by atoms with Crippen LogP contribution < -0.4 is 10.5 Å². The van der Waals surface area contributed by atoms with Gasteiger partial charge < -0.3 is 10.5 Å². The summed E-state index contributed by atoms with van der Waals surface area (Å²) >= 11 is 6.11. The molecule has 0 aliphatic heterocycles. The Kier molecular flexibility index (Phi) is 4.00. The average Bonchev–Trinajstić information content (AvgIpc) is 2.58. The van der Waals surface area contributed by atoms with Crippen LogP contribution in [-0.2, 0) is 6.42 Å². The number of nitrogens with two attached hydrogens (primary N) is 1. The highest BCUT2D eigenvalue weighted by molar-refractivity contribution is 6.34. The molecule has 1 aromatic heterocycles. The molecule has 3 rings (SSSR count). The first-order valence-electron chi connectivity index (χ1n) is 6.90. The van der Waals surface area contributed by atoms with Crippen molar-refractivity contribution in [2.24, 2.45) is 0 Å². The highest BCUT2D eigenvalue weighted by Crippen LogP contribution is 2.31. The van der Waals surface area contributed by atoms with Crippen molar-refractivity contribution in [2.45, 2.75) is 6.42 Å². The molecule has 0 amide bonds. The van der Waals surface area contributed by atoms with Crippen LogP contribution in [0.3, 0.4) is 0 Å². The Balaban J connectivity index is 2.13. The predicted octanol–water partition coefficient (Wildman–Crippen LogP) is 3.34. The van der Waals surface area contributed by atoms with E-state index in [0.29, 0.717) is 34.1 Å². The van der Waals surface area contributed by atoms with Crippen LogP contribution in [0.5, 0.6) is 5.75 Å². The summed E-state index contributed by atoms with van der Waals surface area (Å²) in [4.78, 5) is 0. The number of benzene rings is 2. The number of nitrogen functional groups attached to an aromatic ring is 1. The molecule has 114 valence electrons. The lowest BCUT2D eigenvalue weighted by atomic mass is 10.0. The van der Waals surface area contributed by atoms with Gasteiger partial charge in [0.1, 0.15) is 11.8 Å². The molecule has 0 unspecified atom stereocenters. The lowest BCUT2D eigenvalue weighted by Gasteiger charge is -2.10. The first-order valence-corrected chi connectivity index (χ1v) is 7.28. The molecule has 0 spiro atoms. The number of nitriles is 1. The van der Waals surface area contributed by atoms with Gasteiger partial charge in [-0.1, -0.05) is 23.7 Å². The summed E-state index contributed by atoms with van der Waals surface area (Å²) in [6.45, 7) is 0. The molecule has 3 aromatic rings. The van der Waals surface area contributed by atoms with Gasteiger partial charge in [-0.3, -0.25) is 0 Å². The third kappa shape index (κ3) is 2.77. The lowest BCUT2D eigenvalue weighted by molar-refractivity contribution is 0.414. The Hall–Kier alpha value is -2.84. The van der Waals surface area contributed by atoms with E-state index in [1.165, 1.54) is 0 Å². The SMILES string of the molecule is COc1ccc(Cc2nnc(Cl)c3ccc(C#N)c(N)c23)cc1. The predicted molar refractivity (Wildman–Crippen MR) is 89.5 cm³/mol. The molecule has 0 aliphatic carbocycles. The molecule has 2 N–H and O–H groups in total. The third-order valence-corrected chi connectivity index (χ3v) is 3.95. The summed E-state index contributed by atoms with van der Waals surface area (Å²) in [7, 11) is 1.62. The van der Waals surface area contributed by atoms with E-state index in [1.807, 2.05) is 24.3 Å². The minimum absolute atomic E-state index is 0.273. The molecule has 1 heterocycles. The van der Waals surface area contributed by atoms with Gasteiger partial charge in [-0.2, -0.15) is 10.4 Å². The highest BCUT2D eigenvalue weighted by atomic mass is 35.5. The van der Waals surface area contributed by atoms with Crippen LogP contribution in [-0.4, -0.2) is 17.3 Å². The molecule has 5 nitrogen and oxygen atoms in total. The summed E-state index contributed by atoms with van der Waals surface area (Å²) in [5, 5.41) is 19.0. The van der Waals surface area contributed by atoms with Gasteiger partial charge in [0.15, 0.2) is 5.15 Å². The summed E-state index contributed by atoms with van der Waals surface area (Å²) < 4.78 is 5.15. The highest BCUT2D eigenvalue weighted by Gasteiger charge is 2.14. The van der Waals surface area contributed by atoms with E-state index >= 15 is 0 Å². The van der Waals surface area contributed by atoms with E-state index in [9.17, 15) is 5.26 Å². The Bertz CT molecular complexity index is 917. The van der Waals surface area contributed by atoms with E-state index in [4.69, 9.17) is 22.1 Å². The topological polar surface area (TPSA) is 84.8 Å². The minimum Gasteiger partial charge on any atom is -0.497 e. The molecule has 2 aromatic carbocycles. The number of ether oxygens (including phenoxy) is 1. The zero-order valence-corrected chi connectivity index (χ0v) is 13.1. The monoisotopic (exact) mass is 324 g/mol. The van der Waals surface area contributed by atoms with Crippen molar-refractivity contribution in [2.75, 3.05) is 12.8 Å². The fourth-order valence-corrected chi connectivity index (χ4v) is 2.66. The van der Waals surface area contributed by atoms with E-state index in [-0.39, 0.29) is 5.15 Å². The van der Waals surface area contributed by atoms with E-state index < -0.39 is 0 Å². The first-order chi connectivity index (χ1) is 11.1. The van der Waals surface area contributed by atoms with Crippen LogP contribution >= 0.6 is 11.6 Å². The Labute approximate surface area is 138 Å². The van der Waals surface area contributed by atoms with Gasteiger partial charge in [0.25, 0.3) is 0 Å². The third-order valence-electron chi connectivity index (χ3n) is 3.67. The normalized spacial score (nSPS) is 10.5. The van der Waals surface area contributed by atoms with Crippen molar-refractivity contribution in [3.8, 4) is 11.8 Å². The molecule has 23 heavy (non-hydrogen) atoms. The van der Waals surface area contributed by atoms with E-state index in [0.717, 1.165) is 11.3 Å². The maximum atomic E-state index is 9.17. The average molecular weight is 325 g/mol. The zero-order valence-electron chi connectivity index (χ0n) is 12.4. The Morgan fingerprint density at radius 3 is 2.57 bits per heavy atom. The smallest absolute Gasteiger partial charge is 0.159 e. The van der Waals surface area contributed by atoms with Crippen molar-refractivity contribution in [3.63, 3.8) is 0 Å². The van der Waals surface area contributed by atoms with Crippen molar-refractivity contribution in [3.05, 3.63) is 58.4 Å². The van der Waals surface area contributed by atoms with Crippen molar-refractivity contribution in [1.82, 2.24) is 10.2 Å². The van der Waals surface area contributed by atoms with Crippen LogP contribution in [0.4, 0.5) is 5.69 Å². The molecular weight excluding hydrogens is 312 g/mol. The van der Waals surface area contributed by atoms with Gasteiger partial charge in [0.05, 0.1) is 24.1 Å². The van der Waals surface area contributed by atoms with Gasteiger partial charge in [-0.05, 0) is 29.8 Å². The maximum Gasteiger partial charge on any atom is 0.159 e. The minimum atomic E-state index is 0.273. The Morgan fingerprint density at radius 2 is 1.91 bits per heavy atom. The number of fused-ring (bicyclic) bond motifs is 1. The molecule has 6 heteroatoms. The molecule has 0 saturated carbocycles. The van der Waals surface area contributed by atoms with Crippen LogP contribution in [0.25, 0.3) is 10.8 Å². The number of methoxy groups -OCH3 is 1. The molecule has 0 radical (unpaired) electrons. The molecule has 0 aliphatic rings. The van der Waals surface area contributed by atoms with Gasteiger partial charge >= 0.3 is 0 Å². The summed E-state index contributed by atoms with van der Waals surface area (Å²) in [6, 6.07) is 13.1. The maximum absolute atomic E-state index is 9.17. The zero-order chi connectivity index (χ0) is 16.4. The summed E-state index contributed by atoms with van der Waals surface area (Å²) in [5.74, 6) is 0.784. The van der Waals surface area contributed by atoms with Gasteiger partial charge in [-0.15, -0.1) is 5.10 Å². The fourth-order valence-electron chi connectivity index (χ4n) is 2.47. The fraction of sp³-hybridized carbons (Fsp3) is 0.118. The van der Waals surface area contributed by atoms with E-state index in [1.54, 1.807) is 19.2 Å². The van der Waals surface area contributed by atoms with E-state index in [2.05, 4.69) is 16.3 Å². The van der Waals surface area contributed by atoms with Crippen LogP contribution in [0.1, 0.15) is 16.8 Å². The number of aromatic nitrogens is 2. The standard InChI is InChI=1S/C17H13ClN4O/c1-23-12-5-2-10(3-6-12)8-14-15-13(17(18)22-21-14)7-4-11(9-19)16(15)20/h2-7H,8,20H2,1H3. The number of rotatable bonds is 3. The molecule has 0 fully saturated rings. The number of anilines is 1. The number of halogens is 1. The van der Waals surface area contributed by atoms with Crippen LogP contribution in [0.15, 0.2) is 36.4 Å². The number of hydrogen-bond acceptors (Lipinski definition) is 5. The largest absolute Gasteiger partial charge is 0.497 e. The summed E-state index contributed by atoms with van der Waals surface area (Å²) in [6.07, 6.45) is 0.531. The second-order valence-electron chi connectivity index (χ2n) is 5.02. The number of hydrogen-bond donors (Lipinski definition) is 1. The van der Waals surface area contributed by atoms with Crippen molar-refractivity contribution >= 4 is 28.1 Å².